The lowest BCUT2D eigenvalue weighted by molar-refractivity contribution is -0.228. The minimum atomic E-state index is -5.08. The first-order valence-electron chi connectivity index (χ1n) is 9.51. The quantitative estimate of drug-likeness (QED) is 0.469. The average Bonchev–Trinajstić information content (AvgIpc) is 3.08. The second kappa shape index (κ2) is 9.08. The Bertz CT molecular complexity index is 991. The lowest BCUT2D eigenvalue weighted by Crippen LogP contribution is -2.60. The van der Waals surface area contributed by atoms with Crippen LogP contribution in [0.5, 0.6) is 0 Å². The highest BCUT2D eigenvalue weighted by atomic mass is 32.1. The molecular formula is C21H20F4N2O4S. The van der Waals surface area contributed by atoms with Crippen LogP contribution in [0.4, 0.5) is 22.4 Å². The zero-order chi connectivity index (χ0) is 23.7. The standard InChI is InChI=1S/C21H20F4N2O4S/c1-12-16(17(28)21(23,24)25)20(11-31-12,14-9-5-6-10-15(14)22)26-19(30)27(32)18(29)13-7-3-2-4-8-13/h2-10,12,16-17,28,32H,11H2,1H3,(H,26,30)/t12-,16+,17?,20-/m1/s1. The summed E-state index contributed by atoms with van der Waals surface area (Å²) in [6, 6.07) is 11.3. The summed E-state index contributed by atoms with van der Waals surface area (Å²) in [5.41, 5.74) is -2.35. The molecule has 2 aromatic rings. The first kappa shape index (κ1) is 24.0. The van der Waals surface area contributed by atoms with Crippen LogP contribution in [-0.2, 0) is 10.3 Å². The second-order valence-electron chi connectivity index (χ2n) is 7.39. The number of urea groups is 1. The molecule has 2 aromatic carbocycles. The molecule has 11 heteroatoms. The molecule has 2 N–H and O–H groups in total. The fourth-order valence-corrected chi connectivity index (χ4v) is 4.06. The largest absolute Gasteiger partial charge is 0.414 e. The highest BCUT2D eigenvalue weighted by Gasteiger charge is 2.60. The number of aliphatic hydroxyl groups is 1. The van der Waals surface area contributed by atoms with Crippen molar-refractivity contribution in [2.45, 2.75) is 30.8 Å². The molecule has 172 valence electrons. The Morgan fingerprint density at radius 2 is 1.78 bits per heavy atom. The van der Waals surface area contributed by atoms with E-state index in [1.54, 1.807) is 18.2 Å². The lowest BCUT2D eigenvalue weighted by Gasteiger charge is -2.39. The molecule has 0 radical (unpaired) electrons. The van der Waals surface area contributed by atoms with Crippen LogP contribution < -0.4 is 5.32 Å². The van der Waals surface area contributed by atoms with Gasteiger partial charge in [-0.3, -0.25) is 4.79 Å². The highest BCUT2D eigenvalue weighted by molar-refractivity contribution is 7.79. The topological polar surface area (TPSA) is 78.9 Å². The summed E-state index contributed by atoms with van der Waals surface area (Å²) >= 11 is 3.89. The molecule has 32 heavy (non-hydrogen) atoms. The Morgan fingerprint density at radius 1 is 1.19 bits per heavy atom. The molecule has 0 aliphatic carbocycles. The van der Waals surface area contributed by atoms with E-state index in [1.165, 1.54) is 37.3 Å². The molecule has 1 heterocycles. The Kier molecular flexibility index (Phi) is 6.82. The van der Waals surface area contributed by atoms with Crippen LogP contribution >= 0.6 is 12.8 Å². The van der Waals surface area contributed by atoms with Gasteiger partial charge in [-0.25, -0.2) is 13.5 Å². The zero-order valence-corrected chi connectivity index (χ0v) is 17.6. The summed E-state index contributed by atoms with van der Waals surface area (Å²) in [6.07, 6.45) is -9.23. The van der Waals surface area contributed by atoms with Crippen molar-refractivity contribution in [3.63, 3.8) is 0 Å². The molecule has 0 bridgehead atoms. The number of nitrogens with zero attached hydrogens (tertiary/aromatic N) is 1. The number of halogens is 4. The summed E-state index contributed by atoms with van der Waals surface area (Å²) in [5.74, 6) is -3.57. The van der Waals surface area contributed by atoms with Crippen molar-refractivity contribution in [2.75, 3.05) is 6.61 Å². The molecule has 1 aliphatic rings. The van der Waals surface area contributed by atoms with E-state index in [0.29, 0.717) is 4.31 Å². The number of hydrogen-bond acceptors (Lipinski definition) is 5. The summed E-state index contributed by atoms with van der Waals surface area (Å²) in [5, 5.41) is 12.4. The van der Waals surface area contributed by atoms with Crippen molar-refractivity contribution in [2.24, 2.45) is 5.92 Å². The number of alkyl halides is 3. The molecule has 0 saturated carbocycles. The third-order valence-electron chi connectivity index (χ3n) is 5.41. The van der Waals surface area contributed by atoms with Gasteiger partial charge in [-0.15, -0.1) is 0 Å². The summed E-state index contributed by atoms with van der Waals surface area (Å²) in [6.45, 7) is 0.710. The smallest absolute Gasteiger partial charge is 0.383 e. The van der Waals surface area contributed by atoms with Crippen LogP contribution in [0.3, 0.4) is 0 Å². The van der Waals surface area contributed by atoms with Crippen molar-refractivity contribution in [1.29, 1.82) is 0 Å². The Hall–Kier alpha value is -2.63. The third-order valence-corrected chi connectivity index (χ3v) is 5.78. The minimum absolute atomic E-state index is 0.0977. The lowest BCUT2D eigenvalue weighted by atomic mass is 9.74. The number of rotatable bonds is 4. The van der Waals surface area contributed by atoms with Crippen molar-refractivity contribution in [3.05, 3.63) is 71.5 Å². The second-order valence-corrected chi connectivity index (χ2v) is 7.79. The van der Waals surface area contributed by atoms with E-state index in [2.05, 4.69) is 18.1 Å². The molecule has 1 aliphatic heterocycles. The van der Waals surface area contributed by atoms with E-state index in [4.69, 9.17) is 4.74 Å². The van der Waals surface area contributed by atoms with Gasteiger partial charge >= 0.3 is 12.2 Å². The number of imide groups is 1. The van der Waals surface area contributed by atoms with Crippen molar-refractivity contribution < 1.29 is 37.0 Å². The van der Waals surface area contributed by atoms with Crippen LogP contribution in [0, 0.1) is 11.7 Å². The monoisotopic (exact) mass is 472 g/mol. The Labute approximate surface area is 186 Å². The predicted molar refractivity (Wildman–Crippen MR) is 109 cm³/mol. The van der Waals surface area contributed by atoms with E-state index in [1.807, 2.05) is 0 Å². The fraction of sp³-hybridized carbons (Fsp3) is 0.333. The number of amides is 3. The van der Waals surface area contributed by atoms with Crippen molar-refractivity contribution in [3.8, 4) is 0 Å². The number of hydrogen-bond donors (Lipinski definition) is 3. The van der Waals surface area contributed by atoms with Crippen LogP contribution in [0.2, 0.25) is 0 Å². The Balaban J connectivity index is 2.03. The minimum Gasteiger partial charge on any atom is -0.383 e. The molecule has 4 atom stereocenters. The van der Waals surface area contributed by atoms with E-state index < -0.39 is 54.2 Å². The summed E-state index contributed by atoms with van der Waals surface area (Å²) in [4.78, 5) is 25.5. The van der Waals surface area contributed by atoms with Crippen LogP contribution in [0.25, 0.3) is 0 Å². The normalized spacial score (nSPS) is 24.1. The molecule has 0 aromatic heterocycles. The predicted octanol–water partition coefficient (Wildman–Crippen LogP) is 3.68. The number of thiol groups is 1. The Morgan fingerprint density at radius 3 is 2.38 bits per heavy atom. The third kappa shape index (κ3) is 4.45. The molecule has 1 fully saturated rings. The van der Waals surface area contributed by atoms with Crippen molar-refractivity contribution in [1.82, 2.24) is 9.62 Å². The average molecular weight is 472 g/mol. The van der Waals surface area contributed by atoms with E-state index in [0.717, 1.165) is 6.07 Å². The van der Waals surface area contributed by atoms with Crippen molar-refractivity contribution >= 4 is 24.8 Å². The summed E-state index contributed by atoms with van der Waals surface area (Å²) < 4.78 is 61.0. The van der Waals surface area contributed by atoms with Gasteiger partial charge in [0.1, 0.15) is 11.4 Å². The summed E-state index contributed by atoms with van der Waals surface area (Å²) in [7, 11) is 0. The number of aliphatic hydroxyl groups excluding tert-OH is 1. The van der Waals surface area contributed by atoms with Gasteiger partial charge in [-0.2, -0.15) is 13.2 Å². The van der Waals surface area contributed by atoms with Crippen LogP contribution in [-0.4, -0.2) is 46.3 Å². The molecule has 3 rings (SSSR count). The number of carbonyl (C=O) groups excluding carboxylic acids is 2. The van der Waals surface area contributed by atoms with Gasteiger partial charge in [-0.1, -0.05) is 49.2 Å². The van der Waals surface area contributed by atoms with Crippen LogP contribution in [0.15, 0.2) is 54.6 Å². The van der Waals surface area contributed by atoms with Gasteiger partial charge in [0.2, 0.25) is 0 Å². The molecule has 1 saturated heterocycles. The van der Waals surface area contributed by atoms with E-state index >= 15 is 0 Å². The first-order valence-corrected chi connectivity index (χ1v) is 9.91. The van der Waals surface area contributed by atoms with Crippen LogP contribution in [0.1, 0.15) is 22.8 Å². The number of benzene rings is 2. The molecule has 0 spiro atoms. The maximum Gasteiger partial charge on any atom is 0.414 e. The maximum absolute atomic E-state index is 14.8. The van der Waals surface area contributed by atoms with Gasteiger partial charge in [0.05, 0.1) is 12.7 Å². The van der Waals surface area contributed by atoms with Gasteiger partial charge in [0, 0.05) is 17.0 Å². The van der Waals surface area contributed by atoms with E-state index in [-0.39, 0.29) is 11.1 Å². The fourth-order valence-electron chi connectivity index (χ4n) is 3.90. The number of carbonyl (C=O) groups is 2. The van der Waals surface area contributed by atoms with E-state index in [9.17, 15) is 32.3 Å². The molecule has 3 amide bonds. The zero-order valence-electron chi connectivity index (χ0n) is 16.7. The molecular weight excluding hydrogens is 452 g/mol. The van der Waals surface area contributed by atoms with Gasteiger partial charge < -0.3 is 15.2 Å². The SMILES string of the molecule is C[C@H]1OC[C@@](NC(=O)N(S)C(=O)c2ccccc2)(c2ccccc2F)[C@@H]1C(O)C(F)(F)F. The number of nitrogens with one attached hydrogen (secondary N) is 1. The molecule has 1 unspecified atom stereocenters. The highest BCUT2D eigenvalue weighted by Crippen LogP contribution is 2.46. The van der Waals surface area contributed by atoms with Gasteiger partial charge in [0.15, 0.2) is 6.10 Å². The first-order chi connectivity index (χ1) is 15.0. The molecule has 6 nitrogen and oxygen atoms in total. The van der Waals surface area contributed by atoms with Gasteiger partial charge in [0.25, 0.3) is 5.91 Å². The van der Waals surface area contributed by atoms with Gasteiger partial charge in [-0.05, 0) is 25.1 Å². The number of ether oxygens (including phenoxy) is 1. The maximum atomic E-state index is 14.8.